The molecule has 1 aliphatic rings. The van der Waals surface area contributed by atoms with Gasteiger partial charge < -0.3 is 9.84 Å². The number of ether oxygens (including phenoxy) is 1. The fourth-order valence-electron chi connectivity index (χ4n) is 2.14. The molecule has 1 aromatic carbocycles. The Morgan fingerprint density at radius 1 is 1.26 bits per heavy atom. The Labute approximate surface area is 127 Å². The van der Waals surface area contributed by atoms with Crippen molar-refractivity contribution in [2.24, 2.45) is 5.10 Å². The minimum atomic E-state index is 0.190. The molecule has 104 valence electrons. The standard InChI is InChI=1S/C14H19IN2O2/c1-19-13-9-11(8-12(15)14(13)18)10-16-17-6-4-2-3-5-7-17/h8-10,18H,2-7H2,1H3. The molecule has 2 rings (SSSR count). The van der Waals surface area contributed by atoms with Gasteiger partial charge in [-0.25, -0.2) is 0 Å². The van der Waals surface area contributed by atoms with Gasteiger partial charge in [-0.1, -0.05) is 12.8 Å². The molecule has 1 aromatic rings. The SMILES string of the molecule is COc1cc(C=NN2CCCCCC2)cc(I)c1O. The Kier molecular flexibility index (Phi) is 5.30. The van der Waals surface area contributed by atoms with Crippen molar-refractivity contribution in [3.8, 4) is 11.5 Å². The van der Waals surface area contributed by atoms with E-state index in [0.29, 0.717) is 5.75 Å². The highest BCUT2D eigenvalue weighted by atomic mass is 127. The largest absolute Gasteiger partial charge is 0.504 e. The average molecular weight is 374 g/mol. The number of phenolic OH excluding ortho intramolecular Hbond substituents is 1. The number of benzene rings is 1. The average Bonchev–Trinajstić information content (AvgIpc) is 2.68. The topological polar surface area (TPSA) is 45.1 Å². The molecule has 0 aromatic heterocycles. The van der Waals surface area contributed by atoms with Gasteiger partial charge in [0.15, 0.2) is 11.5 Å². The lowest BCUT2D eigenvalue weighted by Gasteiger charge is -2.15. The van der Waals surface area contributed by atoms with E-state index in [1.807, 2.05) is 12.3 Å². The van der Waals surface area contributed by atoms with E-state index in [9.17, 15) is 5.11 Å². The first-order valence-corrected chi connectivity index (χ1v) is 7.64. The zero-order valence-electron chi connectivity index (χ0n) is 11.1. The Bertz CT molecular complexity index is 455. The maximum Gasteiger partial charge on any atom is 0.171 e. The van der Waals surface area contributed by atoms with Crippen molar-refractivity contribution in [1.82, 2.24) is 5.01 Å². The Hall–Kier alpha value is -0.980. The zero-order chi connectivity index (χ0) is 13.7. The summed E-state index contributed by atoms with van der Waals surface area (Å²) >= 11 is 2.09. The fraction of sp³-hybridized carbons (Fsp3) is 0.500. The molecule has 0 atom stereocenters. The second-order valence-electron chi connectivity index (χ2n) is 4.67. The lowest BCUT2D eigenvalue weighted by Crippen LogP contribution is -2.18. The van der Waals surface area contributed by atoms with E-state index in [0.717, 1.165) is 22.2 Å². The van der Waals surface area contributed by atoms with Crippen LogP contribution in [0.5, 0.6) is 11.5 Å². The quantitative estimate of drug-likeness (QED) is 0.653. The van der Waals surface area contributed by atoms with Crippen molar-refractivity contribution in [3.63, 3.8) is 0 Å². The molecule has 1 saturated heterocycles. The monoisotopic (exact) mass is 374 g/mol. The van der Waals surface area contributed by atoms with E-state index in [1.165, 1.54) is 25.7 Å². The minimum Gasteiger partial charge on any atom is -0.504 e. The van der Waals surface area contributed by atoms with Gasteiger partial charge in [-0.2, -0.15) is 5.10 Å². The second-order valence-corrected chi connectivity index (χ2v) is 5.83. The van der Waals surface area contributed by atoms with Crippen LogP contribution < -0.4 is 4.74 Å². The molecule has 4 nitrogen and oxygen atoms in total. The predicted molar refractivity (Wildman–Crippen MR) is 85.0 cm³/mol. The van der Waals surface area contributed by atoms with Crippen LogP contribution in [-0.4, -0.2) is 36.5 Å². The number of hydrogen-bond acceptors (Lipinski definition) is 4. The lowest BCUT2D eigenvalue weighted by molar-refractivity contribution is 0.302. The van der Waals surface area contributed by atoms with Gasteiger partial charge in [0.1, 0.15) is 0 Å². The number of aromatic hydroxyl groups is 1. The molecule has 1 N–H and O–H groups in total. The maximum atomic E-state index is 9.79. The summed E-state index contributed by atoms with van der Waals surface area (Å²) in [5.74, 6) is 0.680. The highest BCUT2D eigenvalue weighted by molar-refractivity contribution is 14.1. The maximum absolute atomic E-state index is 9.79. The van der Waals surface area contributed by atoms with Crippen molar-refractivity contribution < 1.29 is 9.84 Å². The van der Waals surface area contributed by atoms with Gasteiger partial charge in [-0.15, -0.1) is 0 Å². The molecule has 0 bridgehead atoms. The second kappa shape index (κ2) is 6.98. The van der Waals surface area contributed by atoms with Crippen molar-refractivity contribution in [3.05, 3.63) is 21.3 Å². The first kappa shape index (κ1) is 14.4. The Morgan fingerprint density at radius 3 is 2.58 bits per heavy atom. The molecule has 19 heavy (non-hydrogen) atoms. The number of rotatable bonds is 3. The molecule has 1 fully saturated rings. The van der Waals surface area contributed by atoms with Crippen LogP contribution in [0.25, 0.3) is 0 Å². The van der Waals surface area contributed by atoms with Gasteiger partial charge in [0.05, 0.1) is 16.9 Å². The van der Waals surface area contributed by atoms with Crippen molar-refractivity contribution >= 4 is 28.8 Å². The summed E-state index contributed by atoms with van der Waals surface area (Å²) < 4.78 is 5.92. The van der Waals surface area contributed by atoms with Crippen molar-refractivity contribution in [2.45, 2.75) is 25.7 Å². The molecule has 0 spiro atoms. The highest BCUT2D eigenvalue weighted by Gasteiger charge is 2.08. The van der Waals surface area contributed by atoms with Crippen molar-refractivity contribution in [1.29, 1.82) is 0 Å². The molecule has 0 saturated carbocycles. The third-order valence-corrected chi connectivity index (χ3v) is 4.05. The molecule has 5 heteroatoms. The van der Waals surface area contributed by atoms with E-state index in [-0.39, 0.29) is 5.75 Å². The molecule has 0 amide bonds. The summed E-state index contributed by atoms with van der Waals surface area (Å²) in [4.78, 5) is 0. The molecule has 1 aliphatic heterocycles. The van der Waals surface area contributed by atoms with Gasteiger partial charge in [-0.3, -0.25) is 5.01 Å². The van der Waals surface area contributed by atoms with Crippen LogP contribution in [0.2, 0.25) is 0 Å². The summed E-state index contributed by atoms with van der Waals surface area (Å²) in [6.45, 7) is 2.06. The molecule has 0 unspecified atom stereocenters. The predicted octanol–water partition coefficient (Wildman–Crippen LogP) is 3.22. The highest BCUT2D eigenvalue weighted by Crippen LogP contribution is 2.31. The van der Waals surface area contributed by atoms with Gasteiger partial charge in [-0.05, 0) is 53.1 Å². The molecule has 0 aliphatic carbocycles. The minimum absolute atomic E-state index is 0.190. The van der Waals surface area contributed by atoms with Crippen LogP contribution in [-0.2, 0) is 0 Å². The molecule has 1 heterocycles. The van der Waals surface area contributed by atoms with Crippen LogP contribution in [0.15, 0.2) is 17.2 Å². The van der Waals surface area contributed by atoms with E-state index in [2.05, 4.69) is 32.7 Å². The van der Waals surface area contributed by atoms with Crippen LogP contribution >= 0.6 is 22.6 Å². The molecular weight excluding hydrogens is 355 g/mol. The lowest BCUT2D eigenvalue weighted by atomic mass is 10.2. The summed E-state index contributed by atoms with van der Waals surface area (Å²) in [6, 6.07) is 3.71. The zero-order valence-corrected chi connectivity index (χ0v) is 13.3. The smallest absolute Gasteiger partial charge is 0.171 e. The summed E-state index contributed by atoms with van der Waals surface area (Å²) in [5, 5.41) is 16.4. The first-order valence-electron chi connectivity index (χ1n) is 6.56. The van der Waals surface area contributed by atoms with Gasteiger partial charge in [0.2, 0.25) is 0 Å². The third-order valence-electron chi connectivity index (χ3n) is 3.22. The summed E-state index contributed by atoms with van der Waals surface area (Å²) in [5.41, 5.74) is 0.947. The number of hydrogen-bond donors (Lipinski definition) is 1. The van der Waals surface area contributed by atoms with E-state index in [1.54, 1.807) is 13.2 Å². The normalized spacial score (nSPS) is 16.6. The van der Waals surface area contributed by atoms with Gasteiger partial charge in [0, 0.05) is 13.1 Å². The van der Waals surface area contributed by atoms with Crippen LogP contribution in [0.4, 0.5) is 0 Å². The molecule has 0 radical (unpaired) electrons. The number of phenols is 1. The number of methoxy groups -OCH3 is 1. The Morgan fingerprint density at radius 2 is 1.95 bits per heavy atom. The van der Waals surface area contributed by atoms with Crippen LogP contribution in [0.1, 0.15) is 31.2 Å². The Balaban J connectivity index is 2.11. The van der Waals surface area contributed by atoms with Gasteiger partial charge in [0.25, 0.3) is 0 Å². The summed E-state index contributed by atoms with van der Waals surface area (Å²) in [6.07, 6.45) is 6.88. The molecular formula is C14H19IN2O2. The summed E-state index contributed by atoms with van der Waals surface area (Å²) in [7, 11) is 1.56. The van der Waals surface area contributed by atoms with E-state index < -0.39 is 0 Å². The number of nitrogens with zero attached hydrogens (tertiary/aromatic N) is 2. The number of halogens is 1. The fourth-order valence-corrected chi connectivity index (χ4v) is 2.77. The van der Waals surface area contributed by atoms with Crippen molar-refractivity contribution in [2.75, 3.05) is 20.2 Å². The van der Waals surface area contributed by atoms with E-state index >= 15 is 0 Å². The first-order chi connectivity index (χ1) is 9.20. The van der Waals surface area contributed by atoms with Crippen LogP contribution in [0.3, 0.4) is 0 Å². The third kappa shape index (κ3) is 3.99. The van der Waals surface area contributed by atoms with Crippen LogP contribution in [0, 0.1) is 3.57 Å². The van der Waals surface area contributed by atoms with Gasteiger partial charge >= 0.3 is 0 Å². The number of hydrazone groups is 1. The van der Waals surface area contributed by atoms with E-state index in [4.69, 9.17) is 4.74 Å².